The maximum Gasteiger partial charge on any atom is 0.309 e. The minimum Gasteiger partial charge on any atom is -0.348 e. The zero-order valence-corrected chi connectivity index (χ0v) is 17.3. The SMILES string of the molecule is O=C(NCCc1ccc(F)cc1)C(=O)NC[C@@H]1CCCN1S(=O)(=O)c1cccs1. The third kappa shape index (κ3) is 5.40. The standard InChI is InChI=1S/C19H22FN3O4S2/c20-15-7-5-14(6-8-15)9-10-21-18(24)19(25)22-13-16-3-1-11-23(16)29(26,27)17-4-2-12-28-17/h2,4-8,12,16H,1,3,9-11,13H2,(H,21,24)(H,22,25)/t16-/m0/s1. The van der Waals surface area contributed by atoms with Gasteiger partial charge in [-0.05, 0) is 48.4 Å². The fraction of sp³-hybridized carbons (Fsp3) is 0.368. The van der Waals surface area contributed by atoms with Crippen LogP contribution >= 0.6 is 11.3 Å². The van der Waals surface area contributed by atoms with Crippen molar-refractivity contribution in [1.29, 1.82) is 0 Å². The summed E-state index contributed by atoms with van der Waals surface area (Å²) >= 11 is 1.15. The molecular weight excluding hydrogens is 417 g/mol. The zero-order valence-electron chi connectivity index (χ0n) is 15.6. The first kappa shape index (κ1) is 21.4. The van der Waals surface area contributed by atoms with Gasteiger partial charge in [-0.25, -0.2) is 12.8 Å². The highest BCUT2D eigenvalue weighted by atomic mass is 32.2. The Kier molecular flexibility index (Phi) is 6.99. The average Bonchev–Trinajstić information content (AvgIpc) is 3.40. The van der Waals surface area contributed by atoms with Gasteiger partial charge in [-0.1, -0.05) is 18.2 Å². The van der Waals surface area contributed by atoms with E-state index in [2.05, 4.69) is 10.6 Å². The molecule has 0 aliphatic carbocycles. The molecule has 1 aliphatic heterocycles. The van der Waals surface area contributed by atoms with E-state index in [0.29, 0.717) is 25.8 Å². The number of rotatable bonds is 7. The molecule has 0 saturated carbocycles. The molecular formula is C19H22FN3O4S2. The van der Waals surface area contributed by atoms with Gasteiger partial charge in [0.2, 0.25) is 0 Å². The summed E-state index contributed by atoms with van der Waals surface area (Å²) in [5.74, 6) is -1.92. The maximum atomic E-state index is 12.9. The van der Waals surface area contributed by atoms with Crippen molar-refractivity contribution in [3.8, 4) is 0 Å². The van der Waals surface area contributed by atoms with Gasteiger partial charge >= 0.3 is 11.8 Å². The van der Waals surface area contributed by atoms with E-state index < -0.39 is 21.8 Å². The predicted octanol–water partition coefficient (Wildman–Crippen LogP) is 1.52. The second-order valence-electron chi connectivity index (χ2n) is 6.69. The van der Waals surface area contributed by atoms with Crippen LogP contribution in [-0.4, -0.2) is 50.2 Å². The Bertz CT molecular complexity index is 946. The van der Waals surface area contributed by atoms with Crippen LogP contribution in [0.2, 0.25) is 0 Å². The van der Waals surface area contributed by atoms with E-state index in [1.54, 1.807) is 29.6 Å². The van der Waals surface area contributed by atoms with E-state index in [0.717, 1.165) is 16.9 Å². The molecule has 0 radical (unpaired) electrons. The number of carbonyl (C=O) groups excluding carboxylic acids is 2. The van der Waals surface area contributed by atoms with Gasteiger partial charge in [0.1, 0.15) is 10.0 Å². The smallest absolute Gasteiger partial charge is 0.309 e. The molecule has 0 bridgehead atoms. The summed E-state index contributed by atoms with van der Waals surface area (Å²) in [7, 11) is -3.59. The molecule has 1 aromatic heterocycles. The molecule has 3 rings (SSSR count). The molecule has 2 amide bonds. The predicted molar refractivity (Wildman–Crippen MR) is 107 cm³/mol. The van der Waals surface area contributed by atoms with E-state index >= 15 is 0 Å². The molecule has 1 aromatic carbocycles. The summed E-state index contributed by atoms with van der Waals surface area (Å²) in [5.41, 5.74) is 0.840. The second kappa shape index (κ2) is 9.47. The van der Waals surface area contributed by atoms with Gasteiger partial charge in [-0.3, -0.25) is 9.59 Å². The van der Waals surface area contributed by atoms with Gasteiger partial charge in [0.25, 0.3) is 10.0 Å². The molecule has 1 fully saturated rings. The minimum absolute atomic E-state index is 0.0782. The normalized spacial score (nSPS) is 17.2. The van der Waals surface area contributed by atoms with Gasteiger partial charge in [0, 0.05) is 25.7 Å². The van der Waals surface area contributed by atoms with E-state index in [9.17, 15) is 22.4 Å². The second-order valence-corrected chi connectivity index (χ2v) is 9.75. The molecule has 29 heavy (non-hydrogen) atoms. The number of benzene rings is 1. The van der Waals surface area contributed by atoms with E-state index in [4.69, 9.17) is 0 Å². The summed E-state index contributed by atoms with van der Waals surface area (Å²) in [6, 6.07) is 8.76. The van der Waals surface area contributed by atoms with Gasteiger partial charge in [0.05, 0.1) is 0 Å². The molecule has 1 aliphatic rings. The van der Waals surface area contributed by atoms with Crippen molar-refractivity contribution in [3.05, 3.63) is 53.2 Å². The van der Waals surface area contributed by atoms with Crippen molar-refractivity contribution < 1.29 is 22.4 Å². The van der Waals surface area contributed by atoms with Gasteiger partial charge in [0.15, 0.2) is 0 Å². The van der Waals surface area contributed by atoms with Gasteiger partial charge in [-0.15, -0.1) is 11.3 Å². The van der Waals surface area contributed by atoms with Gasteiger partial charge in [-0.2, -0.15) is 4.31 Å². The number of sulfonamides is 1. The van der Waals surface area contributed by atoms with Crippen LogP contribution in [0, 0.1) is 5.82 Å². The first-order chi connectivity index (χ1) is 13.9. The third-order valence-corrected chi connectivity index (χ3v) is 8.02. The summed E-state index contributed by atoms with van der Waals surface area (Å²) in [4.78, 5) is 24.0. The number of halogens is 1. The number of nitrogens with one attached hydrogen (secondary N) is 2. The fourth-order valence-electron chi connectivity index (χ4n) is 3.20. The largest absolute Gasteiger partial charge is 0.348 e. The van der Waals surface area contributed by atoms with Crippen molar-refractivity contribution in [2.24, 2.45) is 0 Å². The number of hydrogen-bond acceptors (Lipinski definition) is 5. The Morgan fingerprint density at radius 2 is 1.86 bits per heavy atom. The summed E-state index contributed by atoms with van der Waals surface area (Å²) in [6.07, 6.45) is 1.79. The monoisotopic (exact) mass is 439 g/mol. The lowest BCUT2D eigenvalue weighted by Gasteiger charge is -2.23. The van der Waals surface area contributed by atoms with E-state index in [1.807, 2.05) is 0 Å². The van der Waals surface area contributed by atoms with Crippen molar-refractivity contribution in [2.75, 3.05) is 19.6 Å². The van der Waals surface area contributed by atoms with Crippen LogP contribution in [0.3, 0.4) is 0 Å². The molecule has 2 aromatic rings. The summed E-state index contributed by atoms with van der Waals surface area (Å²) < 4.78 is 39.9. The lowest BCUT2D eigenvalue weighted by molar-refractivity contribution is -0.139. The molecule has 156 valence electrons. The molecule has 2 N–H and O–H groups in total. The highest BCUT2D eigenvalue weighted by molar-refractivity contribution is 7.91. The molecule has 10 heteroatoms. The van der Waals surface area contributed by atoms with Crippen LogP contribution < -0.4 is 10.6 Å². The maximum absolute atomic E-state index is 12.9. The van der Waals surface area contributed by atoms with Crippen LogP contribution in [-0.2, 0) is 26.0 Å². The summed E-state index contributed by atoms with van der Waals surface area (Å²) in [5, 5.41) is 6.74. The zero-order chi connectivity index (χ0) is 20.9. The Morgan fingerprint density at radius 1 is 1.14 bits per heavy atom. The molecule has 2 heterocycles. The third-order valence-electron chi connectivity index (χ3n) is 4.70. The number of amides is 2. The summed E-state index contributed by atoms with van der Waals surface area (Å²) in [6.45, 7) is 0.708. The van der Waals surface area contributed by atoms with E-state index in [-0.39, 0.29) is 29.2 Å². The number of hydrogen-bond donors (Lipinski definition) is 2. The number of nitrogens with zero attached hydrogens (tertiary/aromatic N) is 1. The Hall–Kier alpha value is -2.30. The Labute approximate surface area is 173 Å². The average molecular weight is 440 g/mol. The lowest BCUT2D eigenvalue weighted by Crippen LogP contribution is -2.47. The molecule has 1 saturated heterocycles. The van der Waals surface area contributed by atoms with Crippen molar-refractivity contribution in [2.45, 2.75) is 29.5 Å². The number of thiophene rings is 1. The van der Waals surface area contributed by atoms with Crippen LogP contribution in [0.4, 0.5) is 4.39 Å². The van der Waals surface area contributed by atoms with Crippen LogP contribution in [0.1, 0.15) is 18.4 Å². The molecule has 0 unspecified atom stereocenters. The van der Waals surface area contributed by atoms with E-state index in [1.165, 1.54) is 16.4 Å². The van der Waals surface area contributed by atoms with Crippen molar-refractivity contribution in [1.82, 2.24) is 14.9 Å². The van der Waals surface area contributed by atoms with Crippen molar-refractivity contribution in [3.63, 3.8) is 0 Å². The topological polar surface area (TPSA) is 95.6 Å². The molecule has 7 nitrogen and oxygen atoms in total. The van der Waals surface area contributed by atoms with Crippen molar-refractivity contribution >= 4 is 33.2 Å². The first-order valence-electron chi connectivity index (χ1n) is 9.24. The lowest BCUT2D eigenvalue weighted by atomic mass is 10.1. The van der Waals surface area contributed by atoms with Crippen LogP contribution in [0.15, 0.2) is 46.0 Å². The first-order valence-corrected chi connectivity index (χ1v) is 11.6. The fourth-order valence-corrected chi connectivity index (χ4v) is 6.01. The minimum atomic E-state index is -3.59. The Balaban J connectivity index is 1.46. The highest BCUT2D eigenvalue weighted by Crippen LogP contribution is 2.28. The quantitative estimate of drug-likeness (QED) is 0.640. The van der Waals surface area contributed by atoms with Gasteiger partial charge < -0.3 is 10.6 Å². The Morgan fingerprint density at radius 3 is 2.55 bits per heavy atom. The molecule has 1 atom stereocenters. The van der Waals surface area contributed by atoms with Crippen LogP contribution in [0.25, 0.3) is 0 Å². The highest BCUT2D eigenvalue weighted by Gasteiger charge is 2.36. The van der Waals surface area contributed by atoms with Crippen LogP contribution in [0.5, 0.6) is 0 Å². The molecule has 0 spiro atoms. The number of carbonyl (C=O) groups is 2.